The number of hydrogen-bond acceptors (Lipinski definition) is 3. The van der Waals surface area contributed by atoms with Gasteiger partial charge in [0.05, 0.1) is 6.61 Å². The van der Waals surface area contributed by atoms with Gasteiger partial charge in [0.15, 0.2) is 0 Å². The van der Waals surface area contributed by atoms with E-state index in [0.717, 1.165) is 6.42 Å². The lowest BCUT2D eigenvalue weighted by Gasteiger charge is -1.99. The predicted molar refractivity (Wildman–Crippen MR) is 47.8 cm³/mol. The molecule has 2 nitrogen and oxygen atoms in total. The van der Waals surface area contributed by atoms with E-state index in [0.29, 0.717) is 13.2 Å². The third-order valence-corrected chi connectivity index (χ3v) is 2.39. The molecular formula is C8H13NOS. The van der Waals surface area contributed by atoms with Crippen LogP contribution in [0.25, 0.3) is 0 Å². The number of ether oxygens (including phenoxy) is 1. The van der Waals surface area contributed by atoms with Crippen LogP contribution in [0, 0.1) is 0 Å². The van der Waals surface area contributed by atoms with Gasteiger partial charge in [-0.15, -0.1) is 0 Å². The van der Waals surface area contributed by atoms with Crippen LogP contribution in [-0.2, 0) is 17.8 Å². The molecule has 0 aliphatic rings. The van der Waals surface area contributed by atoms with E-state index in [-0.39, 0.29) is 0 Å². The van der Waals surface area contributed by atoms with E-state index in [1.165, 1.54) is 11.1 Å². The van der Waals surface area contributed by atoms with Gasteiger partial charge < -0.3 is 10.5 Å². The molecule has 0 atom stereocenters. The summed E-state index contributed by atoms with van der Waals surface area (Å²) < 4.78 is 5.04. The SMILES string of the molecule is COCc1cscc1CCN. The standard InChI is InChI=1S/C8H13NOS/c1-10-4-8-6-11-5-7(8)2-3-9/h5-6H,2-4,9H2,1H3. The summed E-state index contributed by atoms with van der Waals surface area (Å²) in [4.78, 5) is 0. The zero-order valence-electron chi connectivity index (χ0n) is 6.67. The number of nitrogens with two attached hydrogens (primary N) is 1. The van der Waals surface area contributed by atoms with Crippen molar-refractivity contribution < 1.29 is 4.74 Å². The van der Waals surface area contributed by atoms with Gasteiger partial charge in [-0.3, -0.25) is 0 Å². The lowest BCUT2D eigenvalue weighted by atomic mass is 10.1. The van der Waals surface area contributed by atoms with Crippen LogP contribution in [0.3, 0.4) is 0 Å². The second-order valence-corrected chi connectivity index (χ2v) is 3.14. The summed E-state index contributed by atoms with van der Waals surface area (Å²) in [5, 5.41) is 4.26. The fourth-order valence-corrected chi connectivity index (χ4v) is 1.89. The molecule has 0 saturated carbocycles. The van der Waals surface area contributed by atoms with Gasteiger partial charge in [0.2, 0.25) is 0 Å². The molecule has 1 rings (SSSR count). The monoisotopic (exact) mass is 171 g/mol. The van der Waals surface area contributed by atoms with Crippen molar-refractivity contribution in [3.63, 3.8) is 0 Å². The van der Waals surface area contributed by atoms with Gasteiger partial charge in [0, 0.05) is 7.11 Å². The van der Waals surface area contributed by atoms with Crippen LogP contribution in [0.5, 0.6) is 0 Å². The second kappa shape index (κ2) is 4.49. The molecule has 11 heavy (non-hydrogen) atoms. The highest BCUT2D eigenvalue weighted by Crippen LogP contribution is 2.15. The van der Waals surface area contributed by atoms with Gasteiger partial charge in [0.25, 0.3) is 0 Å². The van der Waals surface area contributed by atoms with Crippen molar-refractivity contribution in [2.45, 2.75) is 13.0 Å². The Kier molecular flexibility index (Phi) is 3.56. The fraction of sp³-hybridized carbons (Fsp3) is 0.500. The first-order valence-electron chi connectivity index (χ1n) is 3.61. The minimum Gasteiger partial charge on any atom is -0.380 e. The first kappa shape index (κ1) is 8.71. The van der Waals surface area contributed by atoms with Crippen molar-refractivity contribution in [2.75, 3.05) is 13.7 Å². The minimum atomic E-state index is 0.707. The van der Waals surface area contributed by atoms with Crippen molar-refractivity contribution in [1.29, 1.82) is 0 Å². The van der Waals surface area contributed by atoms with Crippen LogP contribution >= 0.6 is 11.3 Å². The normalized spacial score (nSPS) is 10.4. The lowest BCUT2D eigenvalue weighted by Crippen LogP contribution is -2.03. The van der Waals surface area contributed by atoms with Crippen LogP contribution < -0.4 is 5.73 Å². The molecule has 1 aromatic heterocycles. The molecule has 0 aromatic carbocycles. The maximum absolute atomic E-state index is 5.45. The Hall–Kier alpha value is -0.380. The summed E-state index contributed by atoms with van der Waals surface area (Å²) in [6.45, 7) is 1.42. The maximum Gasteiger partial charge on any atom is 0.0723 e. The average Bonchev–Trinajstić information content (AvgIpc) is 2.39. The summed E-state index contributed by atoms with van der Waals surface area (Å²) in [5.74, 6) is 0. The van der Waals surface area contributed by atoms with Crippen molar-refractivity contribution in [1.82, 2.24) is 0 Å². The fourth-order valence-electron chi connectivity index (χ4n) is 1.01. The van der Waals surface area contributed by atoms with Gasteiger partial charge in [0.1, 0.15) is 0 Å². The first-order valence-corrected chi connectivity index (χ1v) is 4.55. The van der Waals surface area contributed by atoms with Gasteiger partial charge in [-0.05, 0) is 34.9 Å². The zero-order chi connectivity index (χ0) is 8.10. The molecule has 0 fully saturated rings. The van der Waals surface area contributed by atoms with E-state index in [1.54, 1.807) is 18.4 Å². The van der Waals surface area contributed by atoms with Gasteiger partial charge in [-0.2, -0.15) is 11.3 Å². The van der Waals surface area contributed by atoms with Crippen molar-refractivity contribution in [3.05, 3.63) is 21.9 Å². The number of methoxy groups -OCH3 is 1. The van der Waals surface area contributed by atoms with E-state index >= 15 is 0 Å². The van der Waals surface area contributed by atoms with E-state index < -0.39 is 0 Å². The van der Waals surface area contributed by atoms with Crippen LogP contribution in [-0.4, -0.2) is 13.7 Å². The molecule has 3 heteroatoms. The third kappa shape index (κ3) is 2.29. The molecule has 0 bridgehead atoms. The summed E-state index contributed by atoms with van der Waals surface area (Å²) in [7, 11) is 1.71. The maximum atomic E-state index is 5.45. The zero-order valence-corrected chi connectivity index (χ0v) is 7.49. The minimum absolute atomic E-state index is 0.707. The van der Waals surface area contributed by atoms with Gasteiger partial charge >= 0.3 is 0 Å². The number of rotatable bonds is 4. The highest BCUT2D eigenvalue weighted by molar-refractivity contribution is 7.08. The Bertz CT molecular complexity index is 189. The van der Waals surface area contributed by atoms with Crippen LogP contribution in [0.4, 0.5) is 0 Å². The van der Waals surface area contributed by atoms with Crippen LogP contribution in [0.2, 0.25) is 0 Å². The number of hydrogen-bond donors (Lipinski definition) is 1. The molecule has 0 amide bonds. The molecular weight excluding hydrogens is 158 g/mol. The van der Waals surface area contributed by atoms with E-state index in [2.05, 4.69) is 10.8 Å². The Morgan fingerprint density at radius 1 is 1.45 bits per heavy atom. The Labute approximate surface area is 71.0 Å². The van der Waals surface area contributed by atoms with Crippen molar-refractivity contribution in [2.24, 2.45) is 5.73 Å². The van der Waals surface area contributed by atoms with Crippen molar-refractivity contribution in [3.8, 4) is 0 Å². The molecule has 0 aliphatic heterocycles. The molecule has 0 saturated heterocycles. The molecule has 1 aromatic rings. The molecule has 0 spiro atoms. The topological polar surface area (TPSA) is 35.2 Å². The largest absolute Gasteiger partial charge is 0.380 e. The van der Waals surface area contributed by atoms with E-state index in [4.69, 9.17) is 10.5 Å². The lowest BCUT2D eigenvalue weighted by molar-refractivity contribution is 0.184. The summed E-state index contributed by atoms with van der Waals surface area (Å²) in [6, 6.07) is 0. The van der Waals surface area contributed by atoms with Crippen LogP contribution in [0.1, 0.15) is 11.1 Å². The molecule has 0 unspecified atom stereocenters. The average molecular weight is 171 g/mol. The van der Waals surface area contributed by atoms with E-state index in [1.807, 2.05) is 0 Å². The third-order valence-electron chi connectivity index (χ3n) is 1.55. The Morgan fingerprint density at radius 2 is 2.18 bits per heavy atom. The number of thiophene rings is 1. The predicted octanol–water partition coefficient (Wildman–Crippen LogP) is 1.40. The van der Waals surface area contributed by atoms with Gasteiger partial charge in [-0.25, -0.2) is 0 Å². The summed E-state index contributed by atoms with van der Waals surface area (Å²) in [6.07, 6.45) is 0.961. The Morgan fingerprint density at radius 3 is 2.82 bits per heavy atom. The quantitative estimate of drug-likeness (QED) is 0.743. The second-order valence-electron chi connectivity index (χ2n) is 2.39. The highest BCUT2D eigenvalue weighted by Gasteiger charge is 2.01. The van der Waals surface area contributed by atoms with E-state index in [9.17, 15) is 0 Å². The molecule has 2 N–H and O–H groups in total. The molecule has 1 heterocycles. The molecule has 0 radical (unpaired) electrons. The van der Waals surface area contributed by atoms with Gasteiger partial charge in [-0.1, -0.05) is 0 Å². The highest BCUT2D eigenvalue weighted by atomic mass is 32.1. The Balaban J connectivity index is 2.62. The molecule has 0 aliphatic carbocycles. The first-order chi connectivity index (χ1) is 5.38. The van der Waals surface area contributed by atoms with Crippen molar-refractivity contribution >= 4 is 11.3 Å². The smallest absolute Gasteiger partial charge is 0.0723 e. The van der Waals surface area contributed by atoms with Crippen LogP contribution in [0.15, 0.2) is 10.8 Å². The summed E-state index contributed by atoms with van der Waals surface area (Å²) >= 11 is 1.71. The summed E-state index contributed by atoms with van der Waals surface area (Å²) in [5.41, 5.74) is 8.06. The molecule has 62 valence electrons.